The summed E-state index contributed by atoms with van der Waals surface area (Å²) < 4.78 is 7.27. The number of ether oxygens (including phenoxy) is 1. The number of benzene rings is 1. The summed E-state index contributed by atoms with van der Waals surface area (Å²) in [4.78, 5) is 15.1. The molecule has 1 aliphatic heterocycles. The Labute approximate surface area is 150 Å². The van der Waals surface area contributed by atoms with Gasteiger partial charge in [0.2, 0.25) is 0 Å². The van der Waals surface area contributed by atoms with Crippen LogP contribution in [-0.4, -0.2) is 34.8 Å². The van der Waals surface area contributed by atoms with Gasteiger partial charge in [0, 0.05) is 18.1 Å². The van der Waals surface area contributed by atoms with Gasteiger partial charge in [-0.15, -0.1) is 0 Å². The molecule has 0 spiro atoms. The maximum absolute atomic E-state index is 12.7. The Morgan fingerprint density at radius 3 is 2.68 bits per heavy atom. The van der Waals surface area contributed by atoms with Gasteiger partial charge in [-0.2, -0.15) is 0 Å². The van der Waals surface area contributed by atoms with Crippen LogP contribution < -0.4 is 0 Å². The van der Waals surface area contributed by atoms with Crippen LogP contribution in [0.25, 0.3) is 10.9 Å². The number of aromatic nitrogens is 1. The van der Waals surface area contributed by atoms with Gasteiger partial charge in [0.05, 0.1) is 11.6 Å². The molecule has 1 aromatic carbocycles. The molecule has 1 atom stereocenters. The van der Waals surface area contributed by atoms with Crippen LogP contribution in [0.15, 0.2) is 42.1 Å². The van der Waals surface area contributed by atoms with Gasteiger partial charge in [0.15, 0.2) is 0 Å². The van der Waals surface area contributed by atoms with E-state index < -0.39 is 5.60 Å². The van der Waals surface area contributed by atoms with Gasteiger partial charge in [-0.3, -0.25) is 9.47 Å². The Morgan fingerprint density at radius 2 is 2.00 bits per heavy atom. The van der Waals surface area contributed by atoms with E-state index in [4.69, 9.17) is 4.74 Å². The lowest BCUT2D eigenvalue weighted by Crippen LogP contribution is -2.30. The molecule has 4 heteroatoms. The number of carbonyl (C=O) groups excluding carboxylic acids is 1. The van der Waals surface area contributed by atoms with Crippen molar-refractivity contribution < 1.29 is 9.53 Å². The normalized spacial score (nSPS) is 19.1. The van der Waals surface area contributed by atoms with Crippen LogP contribution in [0.4, 0.5) is 4.79 Å². The lowest BCUT2D eigenvalue weighted by atomic mass is 9.91. The highest BCUT2D eigenvalue weighted by molar-refractivity contribution is 5.92. The van der Waals surface area contributed by atoms with Gasteiger partial charge in [0.1, 0.15) is 5.60 Å². The summed E-state index contributed by atoms with van der Waals surface area (Å²) in [6, 6.07) is 8.30. The first-order valence-electron chi connectivity index (χ1n) is 9.04. The largest absolute Gasteiger partial charge is 0.443 e. The number of carbonyl (C=O) groups is 1. The minimum atomic E-state index is -0.515. The molecular formula is C21H28N2O2. The Bertz CT molecular complexity index is 811. The van der Waals surface area contributed by atoms with Gasteiger partial charge in [-0.1, -0.05) is 36.8 Å². The topological polar surface area (TPSA) is 34.5 Å². The first-order valence-corrected chi connectivity index (χ1v) is 9.04. The van der Waals surface area contributed by atoms with Gasteiger partial charge in [-0.05, 0) is 52.3 Å². The summed E-state index contributed by atoms with van der Waals surface area (Å²) in [5.41, 5.74) is 2.98. The van der Waals surface area contributed by atoms with Crippen LogP contribution in [0.1, 0.15) is 52.1 Å². The molecule has 2 aromatic rings. The van der Waals surface area contributed by atoms with Crippen LogP contribution in [0, 0.1) is 0 Å². The van der Waals surface area contributed by atoms with Crippen molar-refractivity contribution in [2.45, 2.75) is 52.2 Å². The zero-order valence-corrected chi connectivity index (χ0v) is 15.9. The Hall–Kier alpha value is -2.07. The van der Waals surface area contributed by atoms with Crippen molar-refractivity contribution in [3.63, 3.8) is 0 Å². The van der Waals surface area contributed by atoms with Crippen molar-refractivity contribution in [3.8, 4) is 0 Å². The average Bonchev–Trinajstić information content (AvgIpc) is 2.92. The van der Waals surface area contributed by atoms with Gasteiger partial charge in [-0.25, -0.2) is 4.79 Å². The van der Waals surface area contributed by atoms with Gasteiger partial charge >= 0.3 is 6.09 Å². The number of nitrogens with zero attached hydrogens (tertiary/aromatic N) is 2. The summed E-state index contributed by atoms with van der Waals surface area (Å²) in [7, 11) is 2.16. The molecule has 0 amide bonds. The van der Waals surface area contributed by atoms with Crippen molar-refractivity contribution in [2.75, 3.05) is 13.6 Å². The fraction of sp³-hybridized carbons (Fsp3) is 0.476. The summed E-state index contributed by atoms with van der Waals surface area (Å²) >= 11 is 0. The predicted molar refractivity (Wildman–Crippen MR) is 102 cm³/mol. The second-order valence-electron chi connectivity index (χ2n) is 7.76. The number of rotatable bonds is 2. The zero-order valence-electron chi connectivity index (χ0n) is 15.9. The Balaban J connectivity index is 2.12. The molecule has 0 saturated heterocycles. The van der Waals surface area contributed by atoms with Crippen molar-refractivity contribution in [1.82, 2.24) is 9.47 Å². The molecule has 0 saturated carbocycles. The maximum atomic E-state index is 12.7. The monoisotopic (exact) mass is 340 g/mol. The molecule has 0 radical (unpaired) electrons. The fourth-order valence-corrected chi connectivity index (χ4v) is 3.64. The molecular weight excluding hydrogens is 312 g/mol. The van der Waals surface area contributed by atoms with E-state index in [0.29, 0.717) is 0 Å². The number of fused-ring (bicyclic) bond motifs is 1. The van der Waals surface area contributed by atoms with Crippen molar-refractivity contribution >= 4 is 17.0 Å². The van der Waals surface area contributed by atoms with Crippen molar-refractivity contribution in [2.24, 2.45) is 0 Å². The van der Waals surface area contributed by atoms with E-state index in [9.17, 15) is 4.79 Å². The number of hydrogen-bond acceptors (Lipinski definition) is 3. The maximum Gasteiger partial charge on any atom is 0.419 e. The smallest absolute Gasteiger partial charge is 0.419 e. The highest BCUT2D eigenvalue weighted by atomic mass is 16.6. The quantitative estimate of drug-likeness (QED) is 0.710. The van der Waals surface area contributed by atoms with Gasteiger partial charge < -0.3 is 4.74 Å². The Kier molecular flexibility index (Phi) is 4.74. The molecule has 0 aliphatic carbocycles. The third-order valence-electron chi connectivity index (χ3n) is 4.72. The van der Waals surface area contributed by atoms with E-state index in [-0.39, 0.29) is 12.1 Å². The third-order valence-corrected chi connectivity index (χ3v) is 4.72. The summed E-state index contributed by atoms with van der Waals surface area (Å²) in [5.74, 6) is 0. The molecule has 1 aliphatic rings. The van der Waals surface area contributed by atoms with E-state index in [1.54, 1.807) is 4.57 Å². The molecule has 2 heterocycles. The lowest BCUT2D eigenvalue weighted by Gasteiger charge is -2.33. The molecule has 1 unspecified atom stereocenters. The molecule has 0 fully saturated rings. The summed E-state index contributed by atoms with van der Waals surface area (Å²) in [6.45, 7) is 8.91. The van der Waals surface area contributed by atoms with Crippen LogP contribution in [0.3, 0.4) is 0 Å². The SMILES string of the molecule is CCC1=CCCN(C)C1c1cn(C(=O)OC(C)(C)C)c2ccccc12. The second-order valence-corrected chi connectivity index (χ2v) is 7.76. The van der Waals surface area contributed by atoms with Crippen LogP contribution >= 0.6 is 0 Å². The van der Waals surface area contributed by atoms with Gasteiger partial charge in [0.25, 0.3) is 0 Å². The molecule has 0 N–H and O–H groups in total. The molecule has 134 valence electrons. The number of para-hydroxylation sites is 1. The Morgan fingerprint density at radius 1 is 1.28 bits per heavy atom. The molecule has 0 bridgehead atoms. The molecule has 1 aromatic heterocycles. The average molecular weight is 340 g/mol. The molecule has 25 heavy (non-hydrogen) atoms. The molecule has 3 rings (SSSR count). The summed E-state index contributed by atoms with van der Waals surface area (Å²) in [5, 5.41) is 1.12. The van der Waals surface area contributed by atoms with E-state index in [1.807, 2.05) is 45.2 Å². The molecule has 4 nitrogen and oxygen atoms in total. The predicted octanol–water partition coefficient (Wildman–Crippen LogP) is 5.14. The first-order chi connectivity index (χ1) is 11.8. The highest BCUT2D eigenvalue weighted by Crippen LogP contribution is 2.38. The van der Waals surface area contributed by atoms with Crippen LogP contribution in [0.5, 0.6) is 0 Å². The highest BCUT2D eigenvalue weighted by Gasteiger charge is 2.28. The van der Waals surface area contributed by atoms with Crippen LogP contribution in [0.2, 0.25) is 0 Å². The first kappa shape index (κ1) is 17.7. The van der Waals surface area contributed by atoms with Crippen LogP contribution in [-0.2, 0) is 4.74 Å². The second kappa shape index (κ2) is 6.68. The van der Waals surface area contributed by atoms with E-state index in [2.05, 4.69) is 31.0 Å². The fourth-order valence-electron chi connectivity index (χ4n) is 3.64. The summed E-state index contributed by atoms with van der Waals surface area (Å²) in [6.07, 6.45) is 6.09. The van der Waals surface area contributed by atoms with Crippen molar-refractivity contribution in [1.29, 1.82) is 0 Å². The zero-order chi connectivity index (χ0) is 18.2. The minimum absolute atomic E-state index is 0.215. The van der Waals surface area contributed by atoms with E-state index in [0.717, 1.165) is 30.3 Å². The standard InChI is InChI=1S/C21H28N2O2/c1-6-15-10-9-13-22(5)19(15)17-14-23(20(24)25-21(2,3)4)18-12-8-7-11-16(17)18/h7-8,10-12,14,19H,6,9,13H2,1-5H3. The van der Waals surface area contributed by atoms with E-state index in [1.165, 1.54) is 11.1 Å². The van der Waals surface area contributed by atoms with E-state index >= 15 is 0 Å². The van der Waals surface area contributed by atoms with Crippen molar-refractivity contribution in [3.05, 3.63) is 47.7 Å². The number of hydrogen-bond donors (Lipinski definition) is 0. The third kappa shape index (κ3) is 3.49. The minimum Gasteiger partial charge on any atom is -0.443 e. The number of likely N-dealkylation sites (N-methyl/N-ethyl adjacent to an activating group) is 1. The lowest BCUT2D eigenvalue weighted by molar-refractivity contribution is 0.0544.